The highest BCUT2D eigenvalue weighted by molar-refractivity contribution is 5.75. The maximum absolute atomic E-state index is 11.5. The van der Waals surface area contributed by atoms with Crippen molar-refractivity contribution in [1.29, 1.82) is 0 Å². The standard InChI is InChI=1S/C12H24N2O3/c1-4-17-10-6-5-7-14(8-10)9-11(13-2)12(15)16-3/h10-11,13H,4-9H2,1-3H3. The van der Waals surface area contributed by atoms with Crippen LogP contribution in [0.3, 0.4) is 0 Å². The van der Waals surface area contributed by atoms with Gasteiger partial charge in [0.15, 0.2) is 0 Å². The third-order valence-corrected chi connectivity index (χ3v) is 3.14. The number of nitrogens with one attached hydrogen (secondary N) is 1. The van der Waals surface area contributed by atoms with E-state index >= 15 is 0 Å². The van der Waals surface area contributed by atoms with Crippen LogP contribution in [-0.4, -0.2) is 63.4 Å². The second-order valence-electron chi connectivity index (χ2n) is 4.34. The Balaban J connectivity index is 2.41. The summed E-state index contributed by atoms with van der Waals surface area (Å²) < 4.78 is 10.4. The molecule has 0 aromatic rings. The van der Waals surface area contributed by atoms with Gasteiger partial charge in [0.2, 0.25) is 0 Å². The number of methoxy groups -OCH3 is 1. The van der Waals surface area contributed by atoms with E-state index in [0.717, 1.165) is 32.5 Å². The fourth-order valence-electron chi connectivity index (χ4n) is 2.23. The summed E-state index contributed by atoms with van der Waals surface area (Å²) in [6.45, 7) is 5.39. The minimum atomic E-state index is -0.250. The van der Waals surface area contributed by atoms with Gasteiger partial charge in [-0.2, -0.15) is 0 Å². The van der Waals surface area contributed by atoms with E-state index in [2.05, 4.69) is 10.2 Å². The van der Waals surface area contributed by atoms with Crippen LogP contribution in [0.2, 0.25) is 0 Å². The van der Waals surface area contributed by atoms with E-state index in [0.29, 0.717) is 12.6 Å². The second kappa shape index (κ2) is 7.63. The van der Waals surface area contributed by atoms with Crippen molar-refractivity contribution in [3.05, 3.63) is 0 Å². The molecule has 0 aromatic carbocycles. The number of likely N-dealkylation sites (N-methyl/N-ethyl adjacent to an activating group) is 1. The molecule has 5 nitrogen and oxygen atoms in total. The Morgan fingerprint density at radius 3 is 2.94 bits per heavy atom. The highest BCUT2D eigenvalue weighted by atomic mass is 16.5. The molecular weight excluding hydrogens is 220 g/mol. The first-order valence-electron chi connectivity index (χ1n) is 6.30. The third-order valence-electron chi connectivity index (χ3n) is 3.14. The number of hydrogen-bond acceptors (Lipinski definition) is 5. The Kier molecular flexibility index (Phi) is 6.47. The lowest BCUT2D eigenvalue weighted by Gasteiger charge is -2.34. The van der Waals surface area contributed by atoms with Crippen molar-refractivity contribution in [2.75, 3.05) is 40.4 Å². The fourth-order valence-corrected chi connectivity index (χ4v) is 2.23. The smallest absolute Gasteiger partial charge is 0.324 e. The zero-order chi connectivity index (χ0) is 12.7. The van der Waals surface area contributed by atoms with Crippen molar-refractivity contribution in [2.45, 2.75) is 31.9 Å². The van der Waals surface area contributed by atoms with Gasteiger partial charge in [-0.3, -0.25) is 9.69 Å². The minimum absolute atomic E-state index is 0.203. The van der Waals surface area contributed by atoms with Crippen LogP contribution in [0.15, 0.2) is 0 Å². The zero-order valence-electron chi connectivity index (χ0n) is 11.1. The maximum atomic E-state index is 11.5. The van der Waals surface area contributed by atoms with Gasteiger partial charge in [-0.1, -0.05) is 0 Å². The molecule has 0 saturated carbocycles. The molecule has 1 saturated heterocycles. The van der Waals surface area contributed by atoms with Crippen LogP contribution in [0.1, 0.15) is 19.8 Å². The van der Waals surface area contributed by atoms with Crippen molar-refractivity contribution < 1.29 is 14.3 Å². The molecule has 1 aliphatic heterocycles. The maximum Gasteiger partial charge on any atom is 0.324 e. The predicted molar refractivity (Wildman–Crippen MR) is 66.0 cm³/mol. The van der Waals surface area contributed by atoms with E-state index in [1.807, 2.05) is 6.92 Å². The number of ether oxygens (including phenoxy) is 2. The first kappa shape index (κ1) is 14.4. The Morgan fingerprint density at radius 2 is 2.35 bits per heavy atom. The molecule has 1 rings (SSSR count). The molecule has 0 aliphatic carbocycles. The van der Waals surface area contributed by atoms with Gasteiger partial charge in [-0.25, -0.2) is 0 Å². The van der Waals surface area contributed by atoms with Gasteiger partial charge in [0.1, 0.15) is 6.04 Å². The van der Waals surface area contributed by atoms with Gasteiger partial charge in [0, 0.05) is 19.7 Å². The van der Waals surface area contributed by atoms with Crippen molar-refractivity contribution >= 4 is 5.97 Å². The van der Waals surface area contributed by atoms with E-state index in [1.165, 1.54) is 7.11 Å². The first-order chi connectivity index (χ1) is 8.21. The lowest BCUT2D eigenvalue weighted by atomic mass is 10.1. The predicted octanol–water partition coefficient (Wildman–Crippen LogP) is 0.248. The number of hydrogen-bond donors (Lipinski definition) is 1. The highest BCUT2D eigenvalue weighted by Gasteiger charge is 2.25. The van der Waals surface area contributed by atoms with Gasteiger partial charge >= 0.3 is 5.97 Å². The van der Waals surface area contributed by atoms with E-state index in [-0.39, 0.29) is 12.0 Å². The second-order valence-corrected chi connectivity index (χ2v) is 4.34. The Bertz CT molecular complexity index is 234. The van der Waals surface area contributed by atoms with Crippen molar-refractivity contribution in [3.8, 4) is 0 Å². The average molecular weight is 244 g/mol. The molecule has 1 fully saturated rings. The van der Waals surface area contributed by atoms with Crippen LogP contribution >= 0.6 is 0 Å². The van der Waals surface area contributed by atoms with E-state index < -0.39 is 0 Å². The summed E-state index contributed by atoms with van der Waals surface area (Å²) in [5, 5.41) is 2.99. The van der Waals surface area contributed by atoms with E-state index in [4.69, 9.17) is 9.47 Å². The quantitative estimate of drug-likeness (QED) is 0.679. The SMILES string of the molecule is CCOC1CCCN(CC(NC)C(=O)OC)C1. The van der Waals surface area contributed by atoms with E-state index in [1.54, 1.807) is 7.05 Å². The number of likely N-dealkylation sites (tertiary alicyclic amines) is 1. The molecule has 0 aromatic heterocycles. The molecule has 17 heavy (non-hydrogen) atoms. The summed E-state index contributed by atoms with van der Waals surface area (Å²) in [5.41, 5.74) is 0. The summed E-state index contributed by atoms with van der Waals surface area (Å²) in [6.07, 6.45) is 2.55. The van der Waals surface area contributed by atoms with Gasteiger partial charge in [-0.15, -0.1) is 0 Å². The van der Waals surface area contributed by atoms with Crippen LogP contribution in [-0.2, 0) is 14.3 Å². The lowest BCUT2D eigenvalue weighted by molar-refractivity contribution is -0.143. The van der Waals surface area contributed by atoms with Gasteiger partial charge in [0.05, 0.1) is 13.2 Å². The fraction of sp³-hybridized carbons (Fsp3) is 0.917. The number of esters is 1. The number of nitrogens with zero attached hydrogens (tertiary/aromatic N) is 1. The third kappa shape index (κ3) is 4.61. The molecule has 0 bridgehead atoms. The molecule has 0 amide bonds. The number of piperidine rings is 1. The molecule has 5 heteroatoms. The van der Waals surface area contributed by atoms with Crippen LogP contribution in [0.4, 0.5) is 0 Å². The van der Waals surface area contributed by atoms with Gasteiger partial charge in [0.25, 0.3) is 0 Å². The Morgan fingerprint density at radius 1 is 1.59 bits per heavy atom. The van der Waals surface area contributed by atoms with Crippen molar-refractivity contribution in [2.24, 2.45) is 0 Å². The van der Waals surface area contributed by atoms with Crippen LogP contribution in [0, 0.1) is 0 Å². The summed E-state index contributed by atoms with van der Waals surface area (Å²) in [4.78, 5) is 13.7. The minimum Gasteiger partial charge on any atom is -0.468 e. The Hall–Kier alpha value is -0.650. The van der Waals surface area contributed by atoms with Crippen LogP contribution in [0.25, 0.3) is 0 Å². The molecule has 2 atom stereocenters. The lowest BCUT2D eigenvalue weighted by Crippen LogP contribution is -2.49. The molecule has 100 valence electrons. The molecule has 2 unspecified atom stereocenters. The molecular formula is C12H24N2O3. The zero-order valence-corrected chi connectivity index (χ0v) is 11.1. The summed E-state index contributed by atoms with van der Waals surface area (Å²) in [7, 11) is 3.21. The molecule has 1 aliphatic rings. The van der Waals surface area contributed by atoms with Gasteiger partial charge in [-0.05, 0) is 33.4 Å². The van der Waals surface area contributed by atoms with Gasteiger partial charge < -0.3 is 14.8 Å². The topological polar surface area (TPSA) is 50.8 Å². The molecule has 1 N–H and O–H groups in total. The molecule has 0 spiro atoms. The van der Waals surface area contributed by atoms with Crippen LogP contribution in [0.5, 0.6) is 0 Å². The highest BCUT2D eigenvalue weighted by Crippen LogP contribution is 2.13. The summed E-state index contributed by atoms with van der Waals surface area (Å²) in [5.74, 6) is -0.203. The number of rotatable bonds is 6. The summed E-state index contributed by atoms with van der Waals surface area (Å²) in [6, 6.07) is -0.250. The van der Waals surface area contributed by atoms with Crippen molar-refractivity contribution in [1.82, 2.24) is 10.2 Å². The Labute approximate surface area is 103 Å². The number of carbonyl (C=O) groups excluding carboxylic acids is 1. The molecule has 1 heterocycles. The van der Waals surface area contributed by atoms with Crippen molar-refractivity contribution in [3.63, 3.8) is 0 Å². The van der Waals surface area contributed by atoms with Crippen LogP contribution < -0.4 is 5.32 Å². The molecule has 0 radical (unpaired) electrons. The average Bonchev–Trinajstić information content (AvgIpc) is 2.36. The normalized spacial score (nSPS) is 23.4. The monoisotopic (exact) mass is 244 g/mol. The summed E-state index contributed by atoms with van der Waals surface area (Å²) >= 11 is 0. The first-order valence-corrected chi connectivity index (χ1v) is 6.30. The largest absolute Gasteiger partial charge is 0.468 e. The number of carbonyl (C=O) groups is 1. The van der Waals surface area contributed by atoms with E-state index in [9.17, 15) is 4.79 Å².